The maximum atomic E-state index is 13.3. The standard InChI is InChI=1S/C22H22N2O2/c1-22(14-8-3-9-15-23)19-13-7-6-12-18(19)20(25)24(21(22)26)16-17-10-4-2-5-11-17/h2,4-7,10-13H,3,8-9,14,16H2,1H3. The number of rotatable bonds is 6. The minimum atomic E-state index is -0.741. The summed E-state index contributed by atoms with van der Waals surface area (Å²) in [7, 11) is 0. The first kappa shape index (κ1) is 17.9. The number of carbonyl (C=O) groups is 2. The number of hydrogen-bond acceptors (Lipinski definition) is 3. The van der Waals surface area contributed by atoms with Gasteiger partial charge in [-0.05, 0) is 37.0 Å². The lowest BCUT2D eigenvalue weighted by Gasteiger charge is -2.40. The van der Waals surface area contributed by atoms with Gasteiger partial charge in [-0.25, -0.2) is 0 Å². The average molecular weight is 346 g/mol. The Kier molecular flexibility index (Phi) is 5.18. The van der Waals surface area contributed by atoms with Gasteiger partial charge in [-0.15, -0.1) is 0 Å². The van der Waals surface area contributed by atoms with Crippen LogP contribution >= 0.6 is 0 Å². The summed E-state index contributed by atoms with van der Waals surface area (Å²) in [6.07, 6.45) is 2.65. The second-order valence-corrected chi connectivity index (χ2v) is 6.92. The quantitative estimate of drug-likeness (QED) is 0.581. The fourth-order valence-corrected chi connectivity index (χ4v) is 3.64. The van der Waals surface area contributed by atoms with Gasteiger partial charge in [0.2, 0.25) is 5.91 Å². The van der Waals surface area contributed by atoms with Crippen molar-refractivity contribution < 1.29 is 9.59 Å². The van der Waals surface area contributed by atoms with Crippen molar-refractivity contribution >= 4 is 11.8 Å². The predicted molar refractivity (Wildman–Crippen MR) is 99.2 cm³/mol. The van der Waals surface area contributed by atoms with Gasteiger partial charge >= 0.3 is 0 Å². The summed E-state index contributed by atoms with van der Waals surface area (Å²) in [4.78, 5) is 27.7. The summed E-state index contributed by atoms with van der Waals surface area (Å²) in [6, 6.07) is 19.1. The van der Waals surface area contributed by atoms with Crippen molar-refractivity contribution in [3.63, 3.8) is 0 Å². The highest BCUT2D eigenvalue weighted by atomic mass is 16.2. The third-order valence-corrected chi connectivity index (χ3v) is 5.11. The van der Waals surface area contributed by atoms with Crippen LogP contribution in [0.1, 0.15) is 54.1 Å². The van der Waals surface area contributed by atoms with E-state index in [4.69, 9.17) is 5.26 Å². The Hall–Kier alpha value is -2.93. The molecule has 1 atom stereocenters. The largest absolute Gasteiger partial charge is 0.273 e. The van der Waals surface area contributed by atoms with Gasteiger partial charge in [0.1, 0.15) is 0 Å². The van der Waals surface area contributed by atoms with Crippen molar-refractivity contribution in [1.29, 1.82) is 5.26 Å². The van der Waals surface area contributed by atoms with Crippen LogP contribution in [0.2, 0.25) is 0 Å². The fourth-order valence-electron chi connectivity index (χ4n) is 3.64. The van der Waals surface area contributed by atoms with Crippen LogP contribution in [0.3, 0.4) is 0 Å². The number of nitrogens with zero attached hydrogens (tertiary/aromatic N) is 2. The zero-order chi connectivity index (χ0) is 18.6. The Morgan fingerprint density at radius 3 is 2.42 bits per heavy atom. The molecule has 1 unspecified atom stereocenters. The molecule has 26 heavy (non-hydrogen) atoms. The smallest absolute Gasteiger partial charge is 0.261 e. The van der Waals surface area contributed by atoms with Crippen molar-refractivity contribution in [3.8, 4) is 6.07 Å². The summed E-state index contributed by atoms with van der Waals surface area (Å²) < 4.78 is 0. The van der Waals surface area contributed by atoms with E-state index in [9.17, 15) is 9.59 Å². The molecule has 0 bridgehead atoms. The number of fused-ring (bicyclic) bond motifs is 1. The van der Waals surface area contributed by atoms with Crippen LogP contribution in [0.5, 0.6) is 0 Å². The van der Waals surface area contributed by atoms with Crippen molar-refractivity contribution in [2.24, 2.45) is 0 Å². The molecule has 132 valence electrons. The topological polar surface area (TPSA) is 61.2 Å². The van der Waals surface area contributed by atoms with E-state index in [1.165, 1.54) is 4.90 Å². The van der Waals surface area contributed by atoms with Crippen molar-refractivity contribution in [2.45, 2.75) is 44.6 Å². The van der Waals surface area contributed by atoms with Gasteiger partial charge < -0.3 is 0 Å². The van der Waals surface area contributed by atoms with Crippen molar-refractivity contribution in [1.82, 2.24) is 4.90 Å². The fraction of sp³-hybridized carbons (Fsp3) is 0.318. The molecule has 0 saturated carbocycles. The second-order valence-electron chi connectivity index (χ2n) is 6.92. The van der Waals surface area contributed by atoms with E-state index in [1.807, 2.05) is 55.5 Å². The van der Waals surface area contributed by atoms with E-state index in [0.29, 0.717) is 18.4 Å². The van der Waals surface area contributed by atoms with Crippen LogP contribution < -0.4 is 0 Å². The first-order valence-corrected chi connectivity index (χ1v) is 8.94. The van der Waals surface area contributed by atoms with Crippen molar-refractivity contribution in [2.75, 3.05) is 0 Å². The molecule has 1 aliphatic rings. The van der Waals surface area contributed by atoms with Gasteiger partial charge in [-0.2, -0.15) is 5.26 Å². The molecule has 0 radical (unpaired) electrons. The molecule has 3 rings (SSSR count). The molecule has 2 aromatic rings. The predicted octanol–water partition coefficient (Wildman–Crippen LogP) is 4.21. The third kappa shape index (κ3) is 3.25. The summed E-state index contributed by atoms with van der Waals surface area (Å²) in [5, 5.41) is 8.75. The number of nitriles is 1. The lowest BCUT2D eigenvalue weighted by molar-refractivity contribution is -0.135. The minimum Gasteiger partial charge on any atom is -0.273 e. The Bertz CT molecular complexity index is 854. The Labute approximate surface area is 154 Å². The zero-order valence-electron chi connectivity index (χ0n) is 14.9. The number of amides is 2. The zero-order valence-corrected chi connectivity index (χ0v) is 14.9. The Morgan fingerprint density at radius 2 is 1.69 bits per heavy atom. The molecular weight excluding hydrogens is 324 g/mol. The second kappa shape index (κ2) is 7.53. The first-order chi connectivity index (χ1) is 12.6. The monoisotopic (exact) mass is 346 g/mol. The molecule has 4 heteroatoms. The van der Waals surface area contributed by atoms with Crippen LogP contribution in [0, 0.1) is 11.3 Å². The van der Waals surface area contributed by atoms with E-state index < -0.39 is 5.41 Å². The Balaban J connectivity index is 1.95. The van der Waals surface area contributed by atoms with E-state index in [-0.39, 0.29) is 18.4 Å². The van der Waals surface area contributed by atoms with Gasteiger partial charge in [-0.3, -0.25) is 14.5 Å². The van der Waals surface area contributed by atoms with Gasteiger partial charge in [0, 0.05) is 12.0 Å². The molecule has 0 fully saturated rings. The number of imide groups is 1. The molecule has 1 aliphatic heterocycles. The average Bonchev–Trinajstić information content (AvgIpc) is 2.68. The normalized spacial score (nSPS) is 19.2. The SMILES string of the molecule is CC1(CCCCC#N)C(=O)N(Cc2ccccc2)C(=O)c2ccccc21. The Morgan fingerprint density at radius 1 is 1.00 bits per heavy atom. The van der Waals surface area contributed by atoms with E-state index in [1.54, 1.807) is 6.07 Å². The lowest BCUT2D eigenvalue weighted by atomic mass is 9.72. The van der Waals surface area contributed by atoms with Crippen LogP contribution in [0.4, 0.5) is 0 Å². The molecule has 0 saturated heterocycles. The summed E-state index contributed by atoms with van der Waals surface area (Å²) in [5.41, 5.74) is 1.59. The van der Waals surface area contributed by atoms with Crippen LogP contribution in [-0.4, -0.2) is 16.7 Å². The highest BCUT2D eigenvalue weighted by molar-refractivity contribution is 6.13. The van der Waals surface area contributed by atoms with Gasteiger partial charge in [-0.1, -0.05) is 55.0 Å². The molecule has 0 aliphatic carbocycles. The number of carbonyl (C=O) groups excluding carboxylic acids is 2. The third-order valence-electron chi connectivity index (χ3n) is 5.11. The highest BCUT2D eigenvalue weighted by Gasteiger charge is 2.46. The van der Waals surface area contributed by atoms with Crippen LogP contribution in [0.15, 0.2) is 54.6 Å². The molecule has 2 amide bonds. The summed E-state index contributed by atoms with van der Waals surface area (Å²) >= 11 is 0. The minimum absolute atomic E-state index is 0.151. The van der Waals surface area contributed by atoms with Gasteiger partial charge in [0.25, 0.3) is 5.91 Å². The van der Waals surface area contributed by atoms with E-state index >= 15 is 0 Å². The number of hydrogen-bond donors (Lipinski definition) is 0. The van der Waals surface area contributed by atoms with E-state index in [0.717, 1.165) is 24.0 Å². The number of unbranched alkanes of at least 4 members (excludes halogenated alkanes) is 2. The molecule has 2 aromatic carbocycles. The molecule has 4 nitrogen and oxygen atoms in total. The van der Waals surface area contributed by atoms with Crippen LogP contribution in [0.25, 0.3) is 0 Å². The highest BCUT2D eigenvalue weighted by Crippen LogP contribution is 2.39. The van der Waals surface area contributed by atoms with E-state index in [2.05, 4.69) is 6.07 Å². The molecule has 1 heterocycles. The molecule has 0 spiro atoms. The molecular formula is C22H22N2O2. The maximum absolute atomic E-state index is 13.3. The summed E-state index contributed by atoms with van der Waals surface area (Å²) in [6.45, 7) is 2.20. The number of benzene rings is 2. The van der Waals surface area contributed by atoms with Crippen molar-refractivity contribution in [3.05, 3.63) is 71.3 Å². The molecule has 0 N–H and O–H groups in total. The molecule has 0 aromatic heterocycles. The maximum Gasteiger partial charge on any atom is 0.261 e. The first-order valence-electron chi connectivity index (χ1n) is 8.94. The van der Waals surface area contributed by atoms with Gasteiger partial charge in [0.05, 0.1) is 18.0 Å². The summed E-state index contributed by atoms with van der Waals surface area (Å²) in [5.74, 6) is -0.383. The lowest BCUT2D eigenvalue weighted by Crippen LogP contribution is -2.52. The van der Waals surface area contributed by atoms with Crippen LogP contribution in [-0.2, 0) is 16.8 Å². The van der Waals surface area contributed by atoms with Gasteiger partial charge in [0.15, 0.2) is 0 Å².